The van der Waals surface area contributed by atoms with Gasteiger partial charge in [0.05, 0.1) is 29.2 Å². The highest BCUT2D eigenvalue weighted by atomic mass is 19.3. The predicted octanol–water partition coefficient (Wildman–Crippen LogP) is 6.05. The molecule has 1 aliphatic heterocycles. The molecule has 1 aliphatic rings. The lowest BCUT2D eigenvalue weighted by atomic mass is 9.97. The topological polar surface area (TPSA) is 94.4 Å². The molecule has 3 aromatic heterocycles. The minimum atomic E-state index is -2.86. The monoisotopic (exact) mass is 589 g/mol. The smallest absolute Gasteiger partial charge is 0.314 e. The molecule has 12 heteroatoms. The van der Waals surface area contributed by atoms with Gasteiger partial charge in [0, 0.05) is 41.9 Å². The summed E-state index contributed by atoms with van der Waals surface area (Å²) in [5.41, 5.74) is 4.20. The zero-order valence-electron chi connectivity index (χ0n) is 23.7. The maximum Gasteiger partial charge on any atom is 0.314 e. The zero-order valence-corrected chi connectivity index (χ0v) is 23.7. The van der Waals surface area contributed by atoms with Crippen molar-refractivity contribution in [2.75, 3.05) is 37.0 Å². The number of anilines is 2. The first-order chi connectivity index (χ1) is 20.8. The van der Waals surface area contributed by atoms with Crippen LogP contribution in [0, 0.1) is 5.82 Å². The Labute approximate surface area is 245 Å². The normalized spacial score (nSPS) is 14.5. The molecular formula is C31H30F3N7O2. The Balaban J connectivity index is 1.35. The number of alkyl halides is 2. The lowest BCUT2D eigenvalue weighted by molar-refractivity contribution is -0.108. The molecular weight excluding hydrogens is 559 g/mol. The fourth-order valence-electron chi connectivity index (χ4n) is 5.62. The minimum Gasteiger partial charge on any atom is -0.415 e. The molecule has 2 aromatic carbocycles. The van der Waals surface area contributed by atoms with Gasteiger partial charge in [-0.2, -0.15) is 8.78 Å². The van der Waals surface area contributed by atoms with Gasteiger partial charge in [-0.3, -0.25) is 9.78 Å². The predicted molar refractivity (Wildman–Crippen MR) is 157 cm³/mol. The summed E-state index contributed by atoms with van der Waals surface area (Å²) in [6.45, 7) is 1.99. The van der Waals surface area contributed by atoms with Gasteiger partial charge in [-0.05, 0) is 74.9 Å². The molecule has 6 rings (SSSR count). The van der Waals surface area contributed by atoms with E-state index in [0.717, 1.165) is 48.8 Å². The highest BCUT2D eigenvalue weighted by Gasteiger charge is 2.28. The number of amides is 1. The summed E-state index contributed by atoms with van der Waals surface area (Å²) in [6, 6.07) is 14.2. The van der Waals surface area contributed by atoms with Crippen LogP contribution < -0.4 is 9.80 Å². The van der Waals surface area contributed by atoms with Crippen LogP contribution in [0.15, 0.2) is 65.3 Å². The summed E-state index contributed by atoms with van der Waals surface area (Å²) >= 11 is 0. The SMILES string of the molecule is CN1CCC(N(C=O)c2cc(-c3cccc4[nH]ccc34)c(F)cc2N(C)Cc2ccc(-c3nnc(C(F)F)o3)cn2)CC1. The van der Waals surface area contributed by atoms with Gasteiger partial charge in [0.15, 0.2) is 0 Å². The Morgan fingerprint density at radius 3 is 2.60 bits per heavy atom. The van der Waals surface area contributed by atoms with Crippen molar-refractivity contribution in [3.8, 4) is 22.6 Å². The lowest BCUT2D eigenvalue weighted by Crippen LogP contribution is -2.43. The quantitative estimate of drug-likeness (QED) is 0.209. The number of carbonyl (C=O) groups is 1. The molecule has 5 aromatic rings. The van der Waals surface area contributed by atoms with E-state index >= 15 is 4.39 Å². The number of likely N-dealkylation sites (tertiary alicyclic amines) is 1. The van der Waals surface area contributed by atoms with Gasteiger partial charge in [0.2, 0.25) is 12.3 Å². The van der Waals surface area contributed by atoms with Gasteiger partial charge in [0.1, 0.15) is 5.82 Å². The van der Waals surface area contributed by atoms with Crippen LogP contribution in [-0.4, -0.2) is 64.7 Å². The number of rotatable bonds is 9. The van der Waals surface area contributed by atoms with Crippen LogP contribution >= 0.6 is 0 Å². The number of piperidine rings is 1. The largest absolute Gasteiger partial charge is 0.415 e. The summed E-state index contributed by atoms with van der Waals surface area (Å²) in [5, 5.41) is 7.90. The van der Waals surface area contributed by atoms with E-state index in [1.165, 1.54) is 12.3 Å². The highest BCUT2D eigenvalue weighted by molar-refractivity contribution is 5.97. The molecule has 0 aliphatic carbocycles. The molecule has 0 saturated carbocycles. The highest BCUT2D eigenvalue weighted by Crippen LogP contribution is 2.40. The van der Waals surface area contributed by atoms with Crippen LogP contribution in [0.5, 0.6) is 0 Å². The molecule has 222 valence electrons. The van der Waals surface area contributed by atoms with Crippen molar-refractivity contribution in [1.29, 1.82) is 0 Å². The Kier molecular flexibility index (Phi) is 7.85. The molecule has 1 N–H and O–H groups in total. The number of benzene rings is 2. The van der Waals surface area contributed by atoms with E-state index in [1.54, 1.807) is 23.1 Å². The van der Waals surface area contributed by atoms with E-state index in [9.17, 15) is 13.6 Å². The van der Waals surface area contributed by atoms with E-state index in [2.05, 4.69) is 32.1 Å². The third-order valence-electron chi connectivity index (χ3n) is 7.93. The first-order valence-electron chi connectivity index (χ1n) is 13.9. The van der Waals surface area contributed by atoms with Crippen molar-refractivity contribution >= 4 is 28.7 Å². The van der Waals surface area contributed by atoms with Crippen molar-refractivity contribution < 1.29 is 22.4 Å². The van der Waals surface area contributed by atoms with Gasteiger partial charge in [0.25, 0.3) is 5.89 Å². The number of nitrogens with zero attached hydrogens (tertiary/aromatic N) is 6. The van der Waals surface area contributed by atoms with Crippen molar-refractivity contribution in [2.24, 2.45) is 0 Å². The second-order valence-electron chi connectivity index (χ2n) is 10.8. The van der Waals surface area contributed by atoms with Gasteiger partial charge in [-0.1, -0.05) is 12.1 Å². The molecule has 0 unspecified atom stereocenters. The lowest BCUT2D eigenvalue weighted by Gasteiger charge is -2.37. The molecule has 4 heterocycles. The van der Waals surface area contributed by atoms with Crippen LogP contribution in [0.3, 0.4) is 0 Å². The van der Waals surface area contributed by atoms with Gasteiger partial charge in [-0.15, -0.1) is 10.2 Å². The van der Waals surface area contributed by atoms with Crippen molar-refractivity contribution in [3.63, 3.8) is 0 Å². The van der Waals surface area contributed by atoms with E-state index in [4.69, 9.17) is 4.42 Å². The van der Waals surface area contributed by atoms with Crippen LogP contribution in [0.2, 0.25) is 0 Å². The summed E-state index contributed by atoms with van der Waals surface area (Å²) in [4.78, 5) is 26.1. The number of carbonyl (C=O) groups excluding carboxylic acids is 1. The van der Waals surface area contributed by atoms with Crippen molar-refractivity contribution in [2.45, 2.75) is 31.9 Å². The number of pyridine rings is 1. The van der Waals surface area contributed by atoms with Crippen LogP contribution in [0.25, 0.3) is 33.5 Å². The molecule has 1 fully saturated rings. The van der Waals surface area contributed by atoms with Crippen molar-refractivity contribution in [1.82, 2.24) is 25.1 Å². The summed E-state index contributed by atoms with van der Waals surface area (Å²) in [6.07, 6.45) is 2.85. The number of fused-ring (bicyclic) bond motifs is 1. The summed E-state index contributed by atoms with van der Waals surface area (Å²) in [7, 11) is 3.87. The molecule has 43 heavy (non-hydrogen) atoms. The zero-order chi connectivity index (χ0) is 30.1. The summed E-state index contributed by atoms with van der Waals surface area (Å²) < 4.78 is 46.7. The summed E-state index contributed by atoms with van der Waals surface area (Å²) in [5.74, 6) is -1.23. The number of aromatic amines is 1. The number of H-pyrrole nitrogens is 1. The van der Waals surface area contributed by atoms with Crippen molar-refractivity contribution in [3.05, 3.63) is 78.3 Å². The second kappa shape index (κ2) is 11.9. The van der Waals surface area contributed by atoms with Gasteiger partial charge >= 0.3 is 6.43 Å². The number of nitrogens with one attached hydrogen (secondary N) is 1. The van der Waals surface area contributed by atoms with E-state index in [1.807, 2.05) is 42.4 Å². The Hall–Kier alpha value is -4.71. The van der Waals surface area contributed by atoms with E-state index in [0.29, 0.717) is 28.2 Å². The van der Waals surface area contributed by atoms with E-state index in [-0.39, 0.29) is 18.5 Å². The fourth-order valence-corrected chi connectivity index (χ4v) is 5.62. The number of hydrogen-bond donors (Lipinski definition) is 1. The van der Waals surface area contributed by atoms with E-state index < -0.39 is 18.1 Å². The van der Waals surface area contributed by atoms with Gasteiger partial charge in [-0.25, -0.2) is 4.39 Å². The molecule has 9 nitrogen and oxygen atoms in total. The third kappa shape index (κ3) is 5.70. The Morgan fingerprint density at radius 1 is 1.09 bits per heavy atom. The van der Waals surface area contributed by atoms with Crippen LogP contribution in [-0.2, 0) is 11.3 Å². The molecule has 1 amide bonds. The molecule has 1 saturated heterocycles. The van der Waals surface area contributed by atoms with Gasteiger partial charge < -0.3 is 24.1 Å². The number of aromatic nitrogens is 4. The second-order valence-corrected chi connectivity index (χ2v) is 10.8. The van der Waals surface area contributed by atoms with Crippen LogP contribution in [0.4, 0.5) is 24.5 Å². The number of halogens is 3. The maximum absolute atomic E-state index is 16.0. The standard InChI is InChI=1S/C31H30F3N7O2/c1-39-12-9-21(10-13-39)41(18-42)28-14-24(22-4-3-5-26-23(22)8-11-35-26)25(32)15-27(28)40(2)17-20-7-6-19(16-36-20)30-37-38-31(43-30)29(33)34/h3-8,11,14-16,18,21,29,35H,9-10,12-13,17H2,1-2H3. The maximum atomic E-state index is 16.0. The average molecular weight is 590 g/mol. The molecule has 0 spiro atoms. The molecule has 0 bridgehead atoms. The Bertz CT molecular complexity index is 1730. The molecule has 0 atom stereocenters. The third-order valence-corrected chi connectivity index (χ3v) is 7.93. The number of hydrogen-bond acceptors (Lipinski definition) is 7. The van der Waals surface area contributed by atoms with Crippen LogP contribution in [0.1, 0.15) is 30.9 Å². The Morgan fingerprint density at radius 2 is 1.91 bits per heavy atom. The minimum absolute atomic E-state index is 0.0350. The first-order valence-corrected chi connectivity index (χ1v) is 13.9. The fraction of sp³-hybridized carbons (Fsp3) is 0.290. The average Bonchev–Trinajstić information content (AvgIpc) is 3.70. The molecule has 0 radical (unpaired) electrons. The first kappa shape index (κ1) is 28.4.